The number of hydrogen-bond acceptors (Lipinski definition) is 9. The summed E-state index contributed by atoms with van der Waals surface area (Å²) in [7, 11) is 0. The van der Waals surface area contributed by atoms with E-state index in [1.54, 1.807) is 0 Å². The molecule has 25 heavy (non-hydrogen) atoms. The molecule has 1 rings (SSSR count). The van der Waals surface area contributed by atoms with E-state index in [0.29, 0.717) is 26.4 Å². The average molecular weight is 366 g/mol. The lowest BCUT2D eigenvalue weighted by Gasteiger charge is -2.48. The number of amides is 1. The quantitative estimate of drug-likeness (QED) is 0.246. The van der Waals surface area contributed by atoms with Gasteiger partial charge in [0.25, 0.3) is 0 Å². The molecule has 0 aromatic rings. The third kappa shape index (κ3) is 6.76. The molecule has 1 heterocycles. The van der Waals surface area contributed by atoms with Gasteiger partial charge in [0, 0.05) is 13.5 Å². The fourth-order valence-electron chi connectivity index (χ4n) is 2.58. The zero-order chi connectivity index (χ0) is 18.9. The van der Waals surface area contributed by atoms with Gasteiger partial charge in [-0.25, -0.2) is 0 Å². The number of hydrogen-bond donors (Lipinski definition) is 5. The second-order valence-electron chi connectivity index (χ2n) is 5.88. The predicted molar refractivity (Wildman–Crippen MR) is 86.6 cm³/mol. The Bertz CT molecular complexity index is 400. The highest BCUT2D eigenvalue weighted by atomic mass is 16.7. The zero-order valence-electron chi connectivity index (χ0n) is 14.7. The van der Waals surface area contributed by atoms with E-state index in [2.05, 4.69) is 5.32 Å². The van der Waals surface area contributed by atoms with Crippen LogP contribution in [0.2, 0.25) is 0 Å². The van der Waals surface area contributed by atoms with Gasteiger partial charge in [-0.1, -0.05) is 0 Å². The van der Waals surface area contributed by atoms with E-state index in [-0.39, 0.29) is 13.2 Å². The molecule has 1 aliphatic heterocycles. The van der Waals surface area contributed by atoms with Gasteiger partial charge in [0.2, 0.25) is 5.91 Å². The van der Waals surface area contributed by atoms with Gasteiger partial charge in [-0.2, -0.15) is 0 Å². The maximum atomic E-state index is 11.4. The molecule has 0 saturated carbocycles. The highest BCUT2D eigenvalue weighted by Crippen LogP contribution is 2.31. The standard InChI is InChI=1S/C15H30N2O8/c1-10(19)17-14-13(21)12(20)11(9-18)25-15(14,2)24-8-7-23-6-5-22-4-3-16/h11-14,18,20-21H,3-9,16H2,1-2H3,(H,17,19)/t11?,12-,13-,14?,15-/m0/s1. The van der Waals surface area contributed by atoms with E-state index >= 15 is 0 Å². The third-order valence-electron chi connectivity index (χ3n) is 3.81. The lowest BCUT2D eigenvalue weighted by Crippen LogP contribution is -2.70. The van der Waals surface area contributed by atoms with Crippen molar-refractivity contribution < 1.29 is 39.1 Å². The van der Waals surface area contributed by atoms with Crippen molar-refractivity contribution in [3.63, 3.8) is 0 Å². The first-order valence-electron chi connectivity index (χ1n) is 8.27. The van der Waals surface area contributed by atoms with Crippen LogP contribution in [0.1, 0.15) is 13.8 Å². The van der Waals surface area contributed by atoms with Crippen LogP contribution in [0.4, 0.5) is 0 Å². The number of aliphatic hydroxyl groups excluding tert-OH is 3. The largest absolute Gasteiger partial charge is 0.394 e. The summed E-state index contributed by atoms with van der Waals surface area (Å²) in [4.78, 5) is 11.4. The summed E-state index contributed by atoms with van der Waals surface area (Å²) in [6, 6.07) is -1.00. The Morgan fingerprint density at radius 2 is 1.76 bits per heavy atom. The summed E-state index contributed by atoms with van der Waals surface area (Å²) in [6.45, 7) is 4.35. The summed E-state index contributed by atoms with van der Waals surface area (Å²) in [5.41, 5.74) is 5.29. The summed E-state index contributed by atoms with van der Waals surface area (Å²) in [6.07, 6.45) is -3.74. The van der Waals surface area contributed by atoms with E-state index in [9.17, 15) is 20.1 Å². The summed E-state index contributed by atoms with van der Waals surface area (Å²) in [5.74, 6) is -1.85. The van der Waals surface area contributed by atoms with Crippen LogP contribution >= 0.6 is 0 Å². The van der Waals surface area contributed by atoms with Crippen LogP contribution < -0.4 is 11.1 Å². The molecular weight excluding hydrogens is 336 g/mol. The molecule has 0 aromatic heterocycles. The van der Waals surface area contributed by atoms with Crippen molar-refractivity contribution in [3.05, 3.63) is 0 Å². The zero-order valence-corrected chi connectivity index (χ0v) is 14.7. The van der Waals surface area contributed by atoms with Crippen LogP contribution in [-0.2, 0) is 23.7 Å². The number of nitrogens with one attached hydrogen (secondary N) is 1. The number of carbonyl (C=O) groups is 1. The topological polar surface area (TPSA) is 153 Å². The maximum absolute atomic E-state index is 11.4. The smallest absolute Gasteiger partial charge is 0.217 e. The van der Waals surface area contributed by atoms with Crippen molar-refractivity contribution in [1.82, 2.24) is 5.32 Å². The molecule has 0 bridgehead atoms. The molecule has 1 aliphatic rings. The summed E-state index contributed by atoms with van der Waals surface area (Å²) < 4.78 is 21.7. The van der Waals surface area contributed by atoms with Crippen LogP contribution in [0.25, 0.3) is 0 Å². The molecule has 5 atom stereocenters. The second-order valence-corrected chi connectivity index (χ2v) is 5.88. The second kappa shape index (κ2) is 11.0. The molecule has 1 fully saturated rings. The molecule has 6 N–H and O–H groups in total. The molecule has 0 aromatic carbocycles. The molecule has 0 radical (unpaired) electrons. The van der Waals surface area contributed by atoms with Gasteiger partial charge >= 0.3 is 0 Å². The lowest BCUT2D eigenvalue weighted by atomic mass is 9.91. The molecule has 0 aliphatic carbocycles. The van der Waals surface area contributed by atoms with Crippen molar-refractivity contribution in [2.24, 2.45) is 5.73 Å². The average Bonchev–Trinajstić information content (AvgIpc) is 2.57. The van der Waals surface area contributed by atoms with Crippen molar-refractivity contribution in [3.8, 4) is 0 Å². The Morgan fingerprint density at radius 1 is 1.16 bits per heavy atom. The molecule has 2 unspecified atom stereocenters. The number of nitrogens with two attached hydrogens (primary N) is 1. The minimum atomic E-state index is -1.43. The lowest BCUT2D eigenvalue weighted by molar-refractivity contribution is -0.328. The molecule has 10 nitrogen and oxygen atoms in total. The Hall–Kier alpha value is -0.850. The fraction of sp³-hybridized carbons (Fsp3) is 0.933. The third-order valence-corrected chi connectivity index (χ3v) is 3.81. The van der Waals surface area contributed by atoms with Gasteiger partial charge in [-0.15, -0.1) is 0 Å². The first kappa shape index (κ1) is 22.2. The monoisotopic (exact) mass is 366 g/mol. The van der Waals surface area contributed by atoms with Crippen molar-refractivity contribution >= 4 is 5.91 Å². The first-order chi connectivity index (χ1) is 11.9. The number of aliphatic hydroxyl groups is 3. The highest BCUT2D eigenvalue weighted by molar-refractivity contribution is 5.73. The molecule has 10 heteroatoms. The number of ether oxygens (including phenoxy) is 4. The van der Waals surface area contributed by atoms with Gasteiger partial charge in [-0.3, -0.25) is 4.79 Å². The SMILES string of the molecule is CC(=O)NC1[C@@H](O)[C@@H](O)C(CO)O[C@]1(C)OCCOCCOCCN. The summed E-state index contributed by atoms with van der Waals surface area (Å²) in [5, 5.41) is 32.1. The molecular formula is C15H30N2O8. The molecule has 1 saturated heterocycles. The minimum Gasteiger partial charge on any atom is -0.394 e. The van der Waals surface area contributed by atoms with E-state index in [0.717, 1.165) is 0 Å². The van der Waals surface area contributed by atoms with Gasteiger partial charge < -0.3 is 45.3 Å². The van der Waals surface area contributed by atoms with Gasteiger partial charge in [0.05, 0.1) is 39.6 Å². The number of rotatable bonds is 11. The van der Waals surface area contributed by atoms with Crippen molar-refractivity contribution in [2.75, 3.05) is 46.2 Å². The van der Waals surface area contributed by atoms with Crippen LogP contribution in [-0.4, -0.2) is 97.6 Å². The minimum absolute atomic E-state index is 0.116. The molecule has 148 valence electrons. The first-order valence-corrected chi connectivity index (χ1v) is 8.27. The Balaban J connectivity index is 2.53. The Kier molecular flexibility index (Phi) is 9.75. The van der Waals surface area contributed by atoms with E-state index < -0.39 is 42.7 Å². The van der Waals surface area contributed by atoms with Crippen molar-refractivity contribution in [1.29, 1.82) is 0 Å². The van der Waals surface area contributed by atoms with Crippen LogP contribution in [0.15, 0.2) is 0 Å². The molecule has 1 amide bonds. The van der Waals surface area contributed by atoms with E-state index in [1.807, 2.05) is 0 Å². The highest BCUT2D eigenvalue weighted by Gasteiger charge is 2.52. The van der Waals surface area contributed by atoms with Gasteiger partial charge in [0.15, 0.2) is 5.79 Å². The number of carbonyl (C=O) groups excluding carboxylic acids is 1. The maximum Gasteiger partial charge on any atom is 0.217 e. The fourth-order valence-corrected chi connectivity index (χ4v) is 2.58. The predicted octanol–water partition coefficient (Wildman–Crippen LogP) is -2.67. The van der Waals surface area contributed by atoms with Gasteiger partial charge in [-0.05, 0) is 6.92 Å². The van der Waals surface area contributed by atoms with Crippen LogP contribution in [0, 0.1) is 0 Å². The molecule has 0 spiro atoms. The van der Waals surface area contributed by atoms with Gasteiger partial charge in [0.1, 0.15) is 24.4 Å². The Morgan fingerprint density at radius 3 is 2.32 bits per heavy atom. The Labute approximate surface area is 147 Å². The summed E-state index contributed by atoms with van der Waals surface area (Å²) >= 11 is 0. The van der Waals surface area contributed by atoms with Crippen LogP contribution in [0.5, 0.6) is 0 Å². The van der Waals surface area contributed by atoms with E-state index in [4.69, 9.17) is 24.7 Å². The van der Waals surface area contributed by atoms with Crippen LogP contribution in [0.3, 0.4) is 0 Å². The van der Waals surface area contributed by atoms with E-state index in [1.165, 1.54) is 13.8 Å². The normalized spacial score (nSPS) is 32.6. The van der Waals surface area contributed by atoms with Crippen molar-refractivity contribution in [2.45, 2.75) is 44.0 Å².